The molecule has 3 aromatic carbocycles. The number of Topliss-reactive ketones (excluding diaryl/α,β-unsaturated/α-hetero) is 1. The Balaban J connectivity index is 1.11. The Kier molecular flexibility index (Phi) is 6.85. The second-order valence-electron chi connectivity index (χ2n) is 11.7. The van der Waals surface area contributed by atoms with E-state index in [1.807, 2.05) is 12.2 Å². The van der Waals surface area contributed by atoms with E-state index >= 15 is 0 Å². The highest BCUT2D eigenvalue weighted by atomic mass is 35.5. The van der Waals surface area contributed by atoms with Crippen LogP contribution < -0.4 is 4.74 Å². The van der Waals surface area contributed by atoms with Gasteiger partial charge in [-0.15, -0.1) is 0 Å². The summed E-state index contributed by atoms with van der Waals surface area (Å²) in [5.74, 6) is -3.33. The third-order valence-electron chi connectivity index (χ3n) is 9.20. The second kappa shape index (κ2) is 10.8. The number of imide groups is 1. The molecule has 1 heterocycles. The molecular formula is C33H24ClN3O8. The molecule has 3 amide bonds. The number of amides is 3. The number of halogens is 1. The minimum absolute atomic E-state index is 0.0594. The lowest BCUT2D eigenvalue weighted by Gasteiger charge is -2.37. The van der Waals surface area contributed by atoms with Crippen molar-refractivity contribution in [3.63, 3.8) is 0 Å². The maximum atomic E-state index is 13.8. The van der Waals surface area contributed by atoms with Crippen molar-refractivity contribution in [1.29, 1.82) is 0 Å². The number of ether oxygens (including phenoxy) is 1. The Bertz CT molecular complexity index is 1770. The number of non-ortho nitro benzene ring substituents is 1. The van der Waals surface area contributed by atoms with Crippen molar-refractivity contribution in [1.82, 2.24) is 10.0 Å². The van der Waals surface area contributed by atoms with Gasteiger partial charge < -0.3 is 4.74 Å². The maximum Gasteiger partial charge on any atom is 0.343 e. The van der Waals surface area contributed by atoms with Gasteiger partial charge in [-0.1, -0.05) is 23.8 Å². The van der Waals surface area contributed by atoms with Crippen LogP contribution in [0.5, 0.6) is 5.75 Å². The normalized spacial score (nSPS) is 25.4. The molecule has 2 saturated carbocycles. The largest absolute Gasteiger partial charge is 0.423 e. The molecule has 4 aliphatic carbocycles. The van der Waals surface area contributed by atoms with Gasteiger partial charge in [0.15, 0.2) is 5.78 Å². The Labute approximate surface area is 261 Å². The highest BCUT2D eigenvalue weighted by Gasteiger charge is 2.68. The van der Waals surface area contributed by atoms with Gasteiger partial charge in [-0.25, -0.2) is 9.80 Å². The molecule has 12 heteroatoms. The van der Waals surface area contributed by atoms with E-state index in [2.05, 4.69) is 0 Å². The van der Waals surface area contributed by atoms with E-state index in [0.29, 0.717) is 16.9 Å². The monoisotopic (exact) mass is 625 g/mol. The molecule has 226 valence electrons. The fourth-order valence-corrected chi connectivity index (χ4v) is 7.10. The van der Waals surface area contributed by atoms with Gasteiger partial charge >= 0.3 is 5.97 Å². The van der Waals surface area contributed by atoms with Crippen LogP contribution >= 0.6 is 11.6 Å². The Hall–Kier alpha value is -5.16. The topological polar surface area (TPSA) is 144 Å². The van der Waals surface area contributed by atoms with Gasteiger partial charge in [0.25, 0.3) is 23.4 Å². The molecule has 0 unspecified atom stereocenters. The molecule has 2 bridgehead atoms. The zero-order valence-corrected chi connectivity index (χ0v) is 24.2. The standard InChI is InChI=1S/C33H24ClN3O8/c34-20-7-1-18(2-8-20)30(39)35(36-31(40)28-23-13-14-24(26-15-25(23)26)29(28)32(36)41)16-27(38)17-5-11-22(12-6-17)45-33(42)19-3-9-21(10-4-19)37(43)44/h1-14,23-26,28-29H,15-16H2/t23-,24-,25-,26+,28+,29+/m0/s1. The lowest BCUT2D eigenvalue weighted by molar-refractivity contribution is -0.384. The SMILES string of the molecule is O=C(CN(C(=O)c1ccc(Cl)cc1)N1C(=O)[C@@H]2[C@H]3C=C[C@@H]([C@@H]4C[C@H]34)[C@H]2C1=O)c1ccc(OC(=O)c2ccc([N+](=O)[O-])cc2)cc1. The number of carbonyl (C=O) groups is 5. The van der Waals surface area contributed by atoms with Crippen LogP contribution in [0.4, 0.5) is 5.69 Å². The first-order chi connectivity index (χ1) is 21.6. The minimum Gasteiger partial charge on any atom is -0.423 e. The van der Waals surface area contributed by atoms with Gasteiger partial charge in [0.2, 0.25) is 0 Å². The first-order valence-corrected chi connectivity index (χ1v) is 14.7. The lowest BCUT2D eigenvalue weighted by atomic mass is 9.63. The number of nitro benzene ring substituents is 1. The summed E-state index contributed by atoms with van der Waals surface area (Å²) in [6, 6.07) is 16.4. The van der Waals surface area contributed by atoms with Gasteiger partial charge in [-0.2, -0.15) is 5.01 Å². The molecule has 11 nitrogen and oxygen atoms in total. The third-order valence-corrected chi connectivity index (χ3v) is 9.45. The van der Waals surface area contributed by atoms with Gasteiger partial charge in [0.05, 0.1) is 22.3 Å². The van der Waals surface area contributed by atoms with E-state index in [1.165, 1.54) is 72.8 Å². The molecule has 0 aromatic heterocycles. The molecule has 0 radical (unpaired) electrons. The molecule has 6 atom stereocenters. The number of allylic oxidation sites excluding steroid dienone is 2. The van der Waals surface area contributed by atoms with Crippen LogP contribution in [0.2, 0.25) is 5.02 Å². The van der Waals surface area contributed by atoms with E-state index < -0.39 is 52.8 Å². The van der Waals surface area contributed by atoms with E-state index in [0.717, 1.165) is 16.4 Å². The summed E-state index contributed by atoms with van der Waals surface area (Å²) >= 11 is 6.01. The Morgan fingerprint density at radius 1 is 0.822 bits per heavy atom. The van der Waals surface area contributed by atoms with Crippen LogP contribution in [-0.4, -0.2) is 51.0 Å². The fourth-order valence-electron chi connectivity index (χ4n) is 6.98. The van der Waals surface area contributed by atoms with Crippen LogP contribution in [0.25, 0.3) is 0 Å². The highest BCUT2D eigenvalue weighted by molar-refractivity contribution is 6.30. The first kappa shape index (κ1) is 28.6. The van der Waals surface area contributed by atoms with Crippen molar-refractivity contribution in [2.24, 2.45) is 35.5 Å². The van der Waals surface area contributed by atoms with Crippen LogP contribution in [-0.2, 0) is 9.59 Å². The molecule has 0 spiro atoms. The number of rotatable bonds is 8. The van der Waals surface area contributed by atoms with Crippen molar-refractivity contribution in [3.8, 4) is 5.75 Å². The first-order valence-electron chi connectivity index (χ1n) is 14.4. The molecule has 3 aromatic rings. The molecule has 8 rings (SSSR count). The summed E-state index contributed by atoms with van der Waals surface area (Å²) in [5, 5.41) is 13.1. The zero-order valence-electron chi connectivity index (χ0n) is 23.4. The van der Waals surface area contributed by atoms with Crippen LogP contribution in [0.1, 0.15) is 37.5 Å². The molecule has 5 aliphatic rings. The van der Waals surface area contributed by atoms with E-state index in [9.17, 15) is 34.1 Å². The number of benzene rings is 3. The van der Waals surface area contributed by atoms with Crippen LogP contribution in [0.3, 0.4) is 0 Å². The van der Waals surface area contributed by atoms with Gasteiger partial charge in [0.1, 0.15) is 12.3 Å². The van der Waals surface area contributed by atoms with Crippen molar-refractivity contribution in [2.75, 3.05) is 6.54 Å². The average molecular weight is 626 g/mol. The third kappa shape index (κ3) is 4.89. The summed E-state index contributed by atoms with van der Waals surface area (Å²) in [7, 11) is 0. The average Bonchev–Trinajstić information content (AvgIpc) is 3.83. The number of hydrazine groups is 1. The van der Waals surface area contributed by atoms with Gasteiger partial charge in [-0.05, 0) is 90.8 Å². The number of nitro groups is 1. The van der Waals surface area contributed by atoms with Crippen LogP contribution in [0, 0.1) is 45.6 Å². The Morgan fingerprint density at radius 2 is 1.36 bits per heavy atom. The summed E-state index contributed by atoms with van der Waals surface area (Å²) in [6.07, 6.45) is 5.05. The summed E-state index contributed by atoms with van der Waals surface area (Å²) in [4.78, 5) is 77.8. The van der Waals surface area contributed by atoms with Gasteiger partial charge in [-0.3, -0.25) is 29.3 Å². The number of hydrogen-bond acceptors (Lipinski definition) is 8. The van der Waals surface area contributed by atoms with E-state index in [4.69, 9.17) is 16.3 Å². The fraction of sp³-hybridized carbons (Fsp3) is 0.242. The summed E-state index contributed by atoms with van der Waals surface area (Å²) in [6.45, 7) is -0.587. The number of carbonyl (C=O) groups excluding carboxylic acids is 5. The van der Waals surface area contributed by atoms with Crippen molar-refractivity contribution in [3.05, 3.63) is 117 Å². The smallest absolute Gasteiger partial charge is 0.343 e. The predicted octanol–water partition coefficient (Wildman–Crippen LogP) is 4.76. The van der Waals surface area contributed by atoms with Crippen molar-refractivity contribution >= 4 is 46.8 Å². The number of nitrogens with zero attached hydrogens (tertiary/aromatic N) is 3. The van der Waals surface area contributed by atoms with Gasteiger partial charge in [0, 0.05) is 28.3 Å². The quantitative estimate of drug-likeness (QED) is 0.0663. The molecule has 1 aliphatic heterocycles. The molecule has 1 saturated heterocycles. The molecular weight excluding hydrogens is 602 g/mol. The maximum absolute atomic E-state index is 13.8. The van der Waals surface area contributed by atoms with Crippen molar-refractivity contribution < 1.29 is 33.6 Å². The number of hydrogen-bond donors (Lipinski definition) is 0. The predicted molar refractivity (Wildman–Crippen MR) is 158 cm³/mol. The molecule has 3 fully saturated rings. The van der Waals surface area contributed by atoms with Crippen molar-refractivity contribution in [2.45, 2.75) is 6.42 Å². The van der Waals surface area contributed by atoms with E-state index in [1.54, 1.807) is 0 Å². The zero-order chi connectivity index (χ0) is 31.6. The minimum atomic E-state index is -0.752. The van der Waals surface area contributed by atoms with E-state index in [-0.39, 0.29) is 40.0 Å². The lowest BCUT2D eigenvalue weighted by Crippen LogP contribution is -2.52. The number of ketones is 1. The number of esters is 1. The summed E-state index contributed by atoms with van der Waals surface area (Å²) in [5.41, 5.74) is 0.229. The highest BCUT2D eigenvalue weighted by Crippen LogP contribution is 2.65. The Morgan fingerprint density at radius 3 is 1.91 bits per heavy atom. The second-order valence-corrected chi connectivity index (χ2v) is 12.1. The summed E-state index contributed by atoms with van der Waals surface area (Å²) < 4.78 is 5.33. The molecule has 45 heavy (non-hydrogen) atoms. The molecule has 0 N–H and O–H groups in total. The van der Waals surface area contributed by atoms with Crippen LogP contribution in [0.15, 0.2) is 84.9 Å².